The highest BCUT2D eigenvalue weighted by Gasteiger charge is 2.35. The third-order valence-electron chi connectivity index (χ3n) is 3.66. The number of rotatable bonds is 4. The van der Waals surface area contributed by atoms with Crippen LogP contribution in [-0.4, -0.2) is 28.3 Å². The number of phenols is 1. The maximum absolute atomic E-state index is 12.6. The predicted molar refractivity (Wildman–Crippen MR) is 100 cm³/mol. The van der Waals surface area contributed by atoms with E-state index in [1.54, 1.807) is 18.2 Å². The molecule has 1 N–H and O–H groups in total. The van der Waals surface area contributed by atoms with Gasteiger partial charge >= 0.3 is 0 Å². The molecule has 1 saturated heterocycles. The summed E-state index contributed by atoms with van der Waals surface area (Å²) in [7, 11) is 1.46. The second-order valence-electron chi connectivity index (χ2n) is 5.29. The van der Waals surface area contributed by atoms with E-state index in [0.717, 1.165) is 21.8 Å². The Morgan fingerprint density at radius 1 is 1.24 bits per heavy atom. The second-order valence-corrected chi connectivity index (χ2v) is 7.14. The van der Waals surface area contributed by atoms with Crippen LogP contribution in [0.15, 0.2) is 51.8 Å². The van der Waals surface area contributed by atoms with Crippen LogP contribution >= 0.6 is 27.7 Å². The zero-order valence-corrected chi connectivity index (χ0v) is 15.6. The van der Waals surface area contributed by atoms with E-state index in [1.807, 2.05) is 24.3 Å². The van der Waals surface area contributed by atoms with Crippen LogP contribution in [0.5, 0.6) is 11.5 Å². The van der Waals surface area contributed by atoms with E-state index in [0.29, 0.717) is 16.2 Å². The Balaban J connectivity index is 1.83. The summed E-state index contributed by atoms with van der Waals surface area (Å²) in [6, 6.07) is 12.3. The number of aromatic hydroxyl groups is 1. The van der Waals surface area contributed by atoms with Gasteiger partial charge in [0.2, 0.25) is 0 Å². The highest BCUT2D eigenvalue weighted by Crippen LogP contribution is 2.35. The van der Waals surface area contributed by atoms with E-state index < -0.39 is 0 Å². The molecular formula is C18H14BrNO4S. The monoisotopic (exact) mass is 419 g/mol. The fourth-order valence-corrected chi connectivity index (χ4v) is 3.63. The molecule has 2 aromatic rings. The van der Waals surface area contributed by atoms with Gasteiger partial charge in [-0.2, -0.15) is 0 Å². The molecule has 0 spiro atoms. The molecule has 5 nitrogen and oxygen atoms in total. The summed E-state index contributed by atoms with van der Waals surface area (Å²) in [4.78, 5) is 26.3. The SMILES string of the molecule is COc1ccc(/C=C2/SC(=O)N(Cc3ccccc3Br)C2=O)cc1O. The highest BCUT2D eigenvalue weighted by atomic mass is 79.9. The van der Waals surface area contributed by atoms with Crippen LogP contribution in [0.4, 0.5) is 4.79 Å². The molecule has 0 aliphatic carbocycles. The summed E-state index contributed by atoms with van der Waals surface area (Å²) in [5.41, 5.74) is 1.47. The first kappa shape index (κ1) is 17.6. The van der Waals surface area contributed by atoms with Crippen molar-refractivity contribution in [1.29, 1.82) is 0 Å². The number of carbonyl (C=O) groups excluding carboxylic acids is 2. The summed E-state index contributed by atoms with van der Waals surface area (Å²) < 4.78 is 5.84. The summed E-state index contributed by atoms with van der Waals surface area (Å²) in [6.45, 7) is 0.206. The number of carbonyl (C=O) groups is 2. The number of nitrogens with zero attached hydrogens (tertiary/aromatic N) is 1. The fourth-order valence-electron chi connectivity index (χ4n) is 2.38. The van der Waals surface area contributed by atoms with Crippen molar-refractivity contribution in [2.75, 3.05) is 7.11 Å². The van der Waals surface area contributed by atoms with Gasteiger partial charge in [0.1, 0.15) is 0 Å². The van der Waals surface area contributed by atoms with Gasteiger partial charge in [-0.15, -0.1) is 0 Å². The van der Waals surface area contributed by atoms with Gasteiger partial charge in [0.25, 0.3) is 11.1 Å². The van der Waals surface area contributed by atoms with Crippen LogP contribution in [-0.2, 0) is 11.3 Å². The molecule has 0 aromatic heterocycles. The molecule has 1 aliphatic rings. The first-order valence-corrected chi connectivity index (χ1v) is 8.96. The third-order valence-corrected chi connectivity index (χ3v) is 5.34. The normalized spacial score (nSPS) is 15.9. The van der Waals surface area contributed by atoms with Crippen molar-refractivity contribution in [3.63, 3.8) is 0 Å². The molecule has 128 valence electrons. The number of halogens is 1. The Bertz CT molecular complexity index is 881. The minimum Gasteiger partial charge on any atom is -0.504 e. The van der Waals surface area contributed by atoms with Crippen molar-refractivity contribution in [1.82, 2.24) is 4.90 Å². The van der Waals surface area contributed by atoms with E-state index in [9.17, 15) is 14.7 Å². The van der Waals surface area contributed by atoms with Crippen LogP contribution in [0.2, 0.25) is 0 Å². The molecule has 1 fully saturated rings. The number of phenolic OH excluding ortho intramolecular Hbond substituents is 1. The molecule has 0 unspecified atom stereocenters. The lowest BCUT2D eigenvalue weighted by Gasteiger charge is -2.13. The molecule has 0 radical (unpaired) electrons. The van der Waals surface area contributed by atoms with E-state index in [-0.39, 0.29) is 23.4 Å². The minimum absolute atomic E-state index is 0.0244. The Labute approximate surface area is 157 Å². The van der Waals surface area contributed by atoms with E-state index in [4.69, 9.17) is 4.74 Å². The van der Waals surface area contributed by atoms with E-state index >= 15 is 0 Å². The zero-order valence-electron chi connectivity index (χ0n) is 13.2. The van der Waals surface area contributed by atoms with Crippen molar-refractivity contribution in [2.24, 2.45) is 0 Å². The number of ether oxygens (including phenoxy) is 1. The zero-order chi connectivity index (χ0) is 18.0. The van der Waals surface area contributed by atoms with Crippen molar-refractivity contribution in [3.05, 3.63) is 63.0 Å². The van der Waals surface area contributed by atoms with Gasteiger partial charge in [-0.05, 0) is 47.2 Å². The number of benzene rings is 2. The smallest absolute Gasteiger partial charge is 0.293 e. The van der Waals surface area contributed by atoms with Gasteiger partial charge in [0.15, 0.2) is 11.5 Å². The Hall–Kier alpha value is -2.25. The third kappa shape index (κ3) is 3.72. The molecule has 0 bridgehead atoms. The number of hydrogen-bond acceptors (Lipinski definition) is 5. The average molecular weight is 420 g/mol. The van der Waals surface area contributed by atoms with Crippen LogP contribution in [0.3, 0.4) is 0 Å². The number of amides is 2. The molecule has 0 atom stereocenters. The van der Waals surface area contributed by atoms with Gasteiger partial charge in [0, 0.05) is 4.47 Å². The first-order valence-electron chi connectivity index (χ1n) is 7.35. The minimum atomic E-state index is -0.346. The van der Waals surface area contributed by atoms with Crippen LogP contribution < -0.4 is 4.74 Å². The lowest BCUT2D eigenvalue weighted by atomic mass is 10.1. The Morgan fingerprint density at radius 2 is 2.00 bits per heavy atom. The van der Waals surface area contributed by atoms with Crippen LogP contribution in [0.1, 0.15) is 11.1 Å². The van der Waals surface area contributed by atoms with Crippen molar-refractivity contribution >= 4 is 44.9 Å². The summed E-state index contributed by atoms with van der Waals surface area (Å²) in [5.74, 6) is -0.0241. The quantitative estimate of drug-likeness (QED) is 0.743. The van der Waals surface area contributed by atoms with Gasteiger partial charge in [0.05, 0.1) is 18.6 Å². The van der Waals surface area contributed by atoms with Gasteiger partial charge in [-0.25, -0.2) is 0 Å². The number of hydrogen-bond donors (Lipinski definition) is 1. The highest BCUT2D eigenvalue weighted by molar-refractivity contribution is 9.10. The summed E-state index contributed by atoms with van der Waals surface area (Å²) in [6.07, 6.45) is 1.59. The lowest BCUT2D eigenvalue weighted by molar-refractivity contribution is -0.123. The predicted octanol–water partition coefficient (Wildman–Crippen LogP) is 4.40. The second kappa shape index (κ2) is 7.33. The number of methoxy groups -OCH3 is 1. The molecule has 3 rings (SSSR count). The molecule has 25 heavy (non-hydrogen) atoms. The molecule has 2 aromatic carbocycles. The summed E-state index contributed by atoms with van der Waals surface area (Å²) >= 11 is 4.31. The molecule has 0 saturated carbocycles. The maximum Gasteiger partial charge on any atom is 0.293 e. The molecular weight excluding hydrogens is 406 g/mol. The van der Waals surface area contributed by atoms with Crippen molar-refractivity contribution in [3.8, 4) is 11.5 Å². The first-order chi connectivity index (χ1) is 12.0. The molecule has 2 amide bonds. The van der Waals surface area contributed by atoms with Crippen LogP contribution in [0.25, 0.3) is 6.08 Å². The average Bonchev–Trinajstić information content (AvgIpc) is 2.84. The fraction of sp³-hybridized carbons (Fsp3) is 0.111. The topological polar surface area (TPSA) is 66.8 Å². The standard InChI is InChI=1S/C18H14BrNO4S/c1-24-15-7-6-11(8-14(15)21)9-16-17(22)20(18(23)25-16)10-12-4-2-3-5-13(12)19/h2-9,21H,10H2,1H3/b16-9+. The largest absolute Gasteiger partial charge is 0.504 e. The van der Waals surface area contributed by atoms with Crippen molar-refractivity contribution in [2.45, 2.75) is 6.54 Å². The van der Waals surface area contributed by atoms with E-state index in [2.05, 4.69) is 15.9 Å². The molecule has 7 heteroatoms. The maximum atomic E-state index is 12.6. The van der Waals surface area contributed by atoms with Crippen LogP contribution in [0, 0.1) is 0 Å². The Kier molecular flexibility index (Phi) is 5.15. The number of thioether (sulfide) groups is 1. The molecule has 1 heterocycles. The van der Waals surface area contributed by atoms with Gasteiger partial charge in [-0.1, -0.05) is 40.2 Å². The lowest BCUT2D eigenvalue weighted by Crippen LogP contribution is -2.27. The molecule has 1 aliphatic heterocycles. The van der Waals surface area contributed by atoms with Gasteiger partial charge in [-0.3, -0.25) is 14.5 Å². The Morgan fingerprint density at radius 3 is 2.68 bits per heavy atom. The number of imide groups is 1. The summed E-state index contributed by atoms with van der Waals surface area (Å²) in [5, 5.41) is 9.52. The van der Waals surface area contributed by atoms with Crippen molar-refractivity contribution < 1.29 is 19.4 Å². The van der Waals surface area contributed by atoms with Gasteiger partial charge < -0.3 is 9.84 Å². The van der Waals surface area contributed by atoms with E-state index in [1.165, 1.54) is 18.1 Å².